The summed E-state index contributed by atoms with van der Waals surface area (Å²) in [6.45, 7) is 6.76. The minimum absolute atomic E-state index is 0.233. The monoisotopic (exact) mass is 269 g/mol. The van der Waals surface area contributed by atoms with Gasteiger partial charge in [-0.2, -0.15) is 5.10 Å². The number of hydrogen-bond donors (Lipinski definition) is 1. The molecule has 2 rings (SSSR count). The summed E-state index contributed by atoms with van der Waals surface area (Å²) < 4.78 is 0. The second kappa shape index (κ2) is 5.85. The van der Waals surface area contributed by atoms with Crippen LogP contribution in [0.3, 0.4) is 0 Å². The van der Waals surface area contributed by atoms with Crippen LogP contribution in [0.2, 0.25) is 5.02 Å². The van der Waals surface area contributed by atoms with Crippen molar-refractivity contribution in [1.29, 1.82) is 0 Å². The summed E-state index contributed by atoms with van der Waals surface area (Å²) in [6.07, 6.45) is 3.35. The Bertz CT molecular complexity index is 458. The number of rotatable bonds is 3. The Morgan fingerprint density at radius 2 is 2.39 bits per heavy atom. The van der Waals surface area contributed by atoms with Gasteiger partial charge in [0, 0.05) is 12.6 Å². The van der Waals surface area contributed by atoms with E-state index in [2.05, 4.69) is 28.9 Å². The number of nitrogens with one attached hydrogen (secondary N) is 1. The van der Waals surface area contributed by atoms with Gasteiger partial charge in [0.1, 0.15) is 5.02 Å². The topological polar surface area (TPSA) is 49.0 Å². The van der Waals surface area contributed by atoms with Crippen molar-refractivity contribution in [3.63, 3.8) is 0 Å². The molecule has 1 aromatic rings. The van der Waals surface area contributed by atoms with Gasteiger partial charge in [0.25, 0.3) is 5.56 Å². The van der Waals surface area contributed by atoms with Crippen molar-refractivity contribution >= 4 is 11.6 Å². The molecule has 5 heteroatoms. The maximum Gasteiger partial charge on any atom is 0.282 e. The van der Waals surface area contributed by atoms with Crippen molar-refractivity contribution in [2.45, 2.75) is 39.2 Å². The van der Waals surface area contributed by atoms with Crippen LogP contribution in [0.1, 0.15) is 32.4 Å². The van der Waals surface area contributed by atoms with Crippen LogP contribution in [0.25, 0.3) is 0 Å². The Balaban J connectivity index is 2.00. The molecule has 100 valence electrons. The molecule has 0 aromatic carbocycles. The lowest BCUT2D eigenvalue weighted by atomic mass is 9.92. The van der Waals surface area contributed by atoms with Crippen LogP contribution in [-0.2, 0) is 6.42 Å². The summed E-state index contributed by atoms with van der Waals surface area (Å²) in [4.78, 5) is 13.6. The van der Waals surface area contributed by atoms with E-state index in [4.69, 9.17) is 11.6 Å². The highest BCUT2D eigenvalue weighted by atomic mass is 35.5. The van der Waals surface area contributed by atoms with Crippen LogP contribution in [-0.4, -0.2) is 34.2 Å². The van der Waals surface area contributed by atoms with Crippen molar-refractivity contribution in [3.05, 3.63) is 27.1 Å². The van der Waals surface area contributed by atoms with Gasteiger partial charge in [-0.1, -0.05) is 11.6 Å². The van der Waals surface area contributed by atoms with Gasteiger partial charge >= 0.3 is 0 Å². The molecule has 18 heavy (non-hydrogen) atoms. The number of hydrogen-bond acceptors (Lipinski definition) is 3. The molecule has 2 heterocycles. The van der Waals surface area contributed by atoms with Crippen LogP contribution < -0.4 is 5.56 Å². The van der Waals surface area contributed by atoms with Gasteiger partial charge in [-0.15, -0.1) is 0 Å². The van der Waals surface area contributed by atoms with Gasteiger partial charge in [-0.3, -0.25) is 4.79 Å². The summed E-state index contributed by atoms with van der Waals surface area (Å²) in [5.41, 5.74) is 0.572. The molecule has 1 aliphatic rings. The van der Waals surface area contributed by atoms with Gasteiger partial charge in [0.05, 0.1) is 5.69 Å². The molecule has 0 bridgehead atoms. The Morgan fingerprint density at radius 3 is 3.06 bits per heavy atom. The average Bonchev–Trinajstić information content (AvgIpc) is 2.34. The Hall–Kier alpha value is -0.870. The van der Waals surface area contributed by atoms with E-state index >= 15 is 0 Å². The predicted molar refractivity (Wildman–Crippen MR) is 73.0 cm³/mol. The maximum absolute atomic E-state index is 11.1. The first-order valence-corrected chi connectivity index (χ1v) is 6.92. The smallest absolute Gasteiger partial charge is 0.282 e. The minimum atomic E-state index is -0.312. The molecule has 0 spiro atoms. The fourth-order valence-electron chi connectivity index (χ4n) is 2.55. The number of aromatic nitrogens is 2. The molecular weight excluding hydrogens is 250 g/mol. The number of piperidine rings is 1. The highest BCUT2D eigenvalue weighted by molar-refractivity contribution is 6.30. The summed E-state index contributed by atoms with van der Waals surface area (Å²) in [7, 11) is 0. The summed E-state index contributed by atoms with van der Waals surface area (Å²) >= 11 is 5.82. The zero-order valence-corrected chi connectivity index (χ0v) is 11.7. The van der Waals surface area contributed by atoms with E-state index in [1.54, 1.807) is 6.07 Å². The van der Waals surface area contributed by atoms with E-state index in [1.807, 2.05) is 0 Å². The lowest BCUT2D eigenvalue weighted by molar-refractivity contribution is 0.139. The number of halogens is 1. The fraction of sp³-hybridized carbons (Fsp3) is 0.692. The number of nitrogens with zero attached hydrogens (tertiary/aromatic N) is 2. The molecule has 1 saturated heterocycles. The fourth-order valence-corrected chi connectivity index (χ4v) is 2.72. The predicted octanol–water partition coefficient (Wildman–Crippen LogP) is 2.09. The summed E-state index contributed by atoms with van der Waals surface area (Å²) in [6, 6.07) is 2.29. The third-order valence-electron chi connectivity index (χ3n) is 3.59. The first-order valence-electron chi connectivity index (χ1n) is 6.54. The minimum Gasteiger partial charge on any atom is -0.301 e. The normalized spacial score (nSPS) is 21.4. The second-order valence-corrected chi connectivity index (χ2v) is 5.74. The molecule has 1 atom stereocenters. The SMILES string of the molecule is CC(C)N1CCCC(Cc2cc(Cl)c(=O)[nH]n2)C1. The van der Waals surface area contributed by atoms with E-state index < -0.39 is 0 Å². The van der Waals surface area contributed by atoms with Gasteiger partial charge in [0.2, 0.25) is 0 Å². The van der Waals surface area contributed by atoms with Gasteiger partial charge in [-0.25, -0.2) is 5.10 Å². The highest BCUT2D eigenvalue weighted by Crippen LogP contribution is 2.21. The van der Waals surface area contributed by atoms with E-state index in [-0.39, 0.29) is 10.6 Å². The maximum atomic E-state index is 11.1. The first-order chi connectivity index (χ1) is 8.56. The van der Waals surface area contributed by atoms with Gasteiger partial charge in [0.15, 0.2) is 0 Å². The molecule has 0 saturated carbocycles. The molecule has 1 aliphatic heterocycles. The van der Waals surface area contributed by atoms with Crippen molar-refractivity contribution in [1.82, 2.24) is 15.1 Å². The Labute approximate surface area is 112 Å². The Morgan fingerprint density at radius 1 is 1.61 bits per heavy atom. The van der Waals surface area contributed by atoms with Gasteiger partial charge in [-0.05, 0) is 51.6 Å². The molecule has 0 radical (unpaired) electrons. The number of aromatic amines is 1. The number of likely N-dealkylation sites (tertiary alicyclic amines) is 1. The number of H-pyrrole nitrogens is 1. The molecule has 1 N–H and O–H groups in total. The van der Waals surface area contributed by atoms with Crippen molar-refractivity contribution in [3.8, 4) is 0 Å². The van der Waals surface area contributed by atoms with Crippen molar-refractivity contribution in [2.75, 3.05) is 13.1 Å². The largest absolute Gasteiger partial charge is 0.301 e. The van der Waals surface area contributed by atoms with Crippen LogP contribution in [0.4, 0.5) is 0 Å². The van der Waals surface area contributed by atoms with E-state index in [9.17, 15) is 4.79 Å². The van der Waals surface area contributed by atoms with Crippen molar-refractivity contribution in [2.24, 2.45) is 5.92 Å². The second-order valence-electron chi connectivity index (χ2n) is 5.34. The molecule has 4 nitrogen and oxygen atoms in total. The van der Waals surface area contributed by atoms with Crippen LogP contribution >= 0.6 is 11.6 Å². The van der Waals surface area contributed by atoms with Crippen LogP contribution in [0.15, 0.2) is 10.9 Å². The van der Waals surface area contributed by atoms with Crippen LogP contribution in [0, 0.1) is 5.92 Å². The molecule has 0 aliphatic carbocycles. The standard InChI is InChI=1S/C13H20ClN3O/c1-9(2)17-5-3-4-10(8-17)6-11-7-12(14)13(18)16-15-11/h7,9-10H,3-6,8H2,1-2H3,(H,16,18). The van der Waals surface area contributed by atoms with E-state index in [0.29, 0.717) is 12.0 Å². The lowest BCUT2D eigenvalue weighted by Gasteiger charge is -2.35. The Kier molecular flexibility index (Phi) is 4.40. The third kappa shape index (κ3) is 3.33. The first kappa shape index (κ1) is 13.6. The van der Waals surface area contributed by atoms with Gasteiger partial charge < -0.3 is 4.90 Å². The van der Waals surface area contributed by atoms with E-state index in [1.165, 1.54) is 19.4 Å². The molecule has 1 aromatic heterocycles. The molecule has 1 fully saturated rings. The van der Waals surface area contributed by atoms with Crippen LogP contribution in [0.5, 0.6) is 0 Å². The molecule has 1 unspecified atom stereocenters. The lowest BCUT2D eigenvalue weighted by Crippen LogP contribution is -2.40. The average molecular weight is 270 g/mol. The summed E-state index contributed by atoms with van der Waals surface area (Å²) in [5.74, 6) is 0.607. The highest BCUT2D eigenvalue weighted by Gasteiger charge is 2.22. The molecular formula is C13H20ClN3O. The van der Waals surface area contributed by atoms with Crippen molar-refractivity contribution < 1.29 is 0 Å². The van der Waals surface area contributed by atoms with E-state index in [0.717, 1.165) is 18.7 Å². The molecule has 0 amide bonds. The summed E-state index contributed by atoms with van der Waals surface area (Å²) in [5, 5.41) is 6.74. The third-order valence-corrected chi connectivity index (χ3v) is 3.87. The quantitative estimate of drug-likeness (QED) is 0.914. The zero-order chi connectivity index (χ0) is 13.1. The zero-order valence-electron chi connectivity index (χ0n) is 10.9.